The van der Waals surface area contributed by atoms with Gasteiger partial charge in [0.25, 0.3) is 0 Å². The van der Waals surface area contributed by atoms with Crippen LogP contribution in [0.1, 0.15) is 19.4 Å². The first-order valence-electron chi connectivity index (χ1n) is 10.1. The number of hydrogen-bond donors (Lipinski definition) is 0. The molecule has 0 N–H and O–H groups in total. The summed E-state index contributed by atoms with van der Waals surface area (Å²) in [5.74, 6) is 0.598. The van der Waals surface area contributed by atoms with Crippen molar-refractivity contribution in [3.8, 4) is 5.88 Å². The van der Waals surface area contributed by atoms with E-state index in [1.807, 2.05) is 61.3 Å². The first-order valence-corrected chi connectivity index (χ1v) is 10.1. The molecule has 2 aromatic carbocycles. The Hall–Kier alpha value is -3.87. The summed E-state index contributed by atoms with van der Waals surface area (Å²) in [5.41, 5.74) is 3.04. The monoisotopic (exact) mass is 416 g/mol. The fourth-order valence-electron chi connectivity index (χ4n) is 3.82. The minimum absolute atomic E-state index is 0.0607. The summed E-state index contributed by atoms with van der Waals surface area (Å²) < 4.78 is 7.43. The van der Waals surface area contributed by atoms with Crippen molar-refractivity contribution in [3.63, 3.8) is 0 Å². The third-order valence-electron chi connectivity index (χ3n) is 5.20. The van der Waals surface area contributed by atoms with Crippen LogP contribution < -0.4 is 9.64 Å². The van der Waals surface area contributed by atoms with Gasteiger partial charge in [-0.15, -0.1) is 0 Å². The topological polar surface area (TPSA) is 73.4 Å². The molecule has 0 aliphatic rings. The Kier molecular flexibility index (Phi) is 5.58. The number of nitro groups is 1. The Labute approximate surface area is 180 Å². The van der Waals surface area contributed by atoms with Crippen LogP contribution in [0.4, 0.5) is 17.2 Å². The summed E-state index contributed by atoms with van der Waals surface area (Å²) in [5, 5.41) is 12.8. The van der Waals surface area contributed by atoms with Crippen LogP contribution >= 0.6 is 0 Å². The Bertz CT molecular complexity index is 1220. The summed E-state index contributed by atoms with van der Waals surface area (Å²) in [6.45, 7) is 4.68. The number of aromatic nitrogens is 2. The quantitative estimate of drug-likeness (QED) is 0.292. The van der Waals surface area contributed by atoms with Gasteiger partial charge >= 0.3 is 5.69 Å². The van der Waals surface area contributed by atoms with Crippen molar-refractivity contribution in [1.82, 2.24) is 9.55 Å². The van der Waals surface area contributed by atoms with Crippen molar-refractivity contribution in [2.45, 2.75) is 26.4 Å². The molecule has 0 fully saturated rings. The number of para-hydroxylation sites is 1. The van der Waals surface area contributed by atoms with E-state index in [0.717, 1.165) is 16.6 Å². The molecule has 0 spiro atoms. The molecule has 0 aliphatic carbocycles. The molecule has 7 nitrogen and oxygen atoms in total. The molecule has 2 heterocycles. The molecule has 4 rings (SSSR count). The highest BCUT2D eigenvalue weighted by atomic mass is 16.6. The lowest BCUT2D eigenvalue weighted by Crippen LogP contribution is -2.27. The normalized spacial score (nSPS) is 11.1. The Morgan fingerprint density at radius 2 is 1.77 bits per heavy atom. The minimum atomic E-state index is -0.402. The van der Waals surface area contributed by atoms with Crippen LogP contribution in [-0.4, -0.2) is 27.6 Å². The van der Waals surface area contributed by atoms with Gasteiger partial charge < -0.3 is 14.2 Å². The van der Waals surface area contributed by atoms with E-state index in [1.54, 1.807) is 0 Å². The number of ether oxygens (including phenoxy) is 1. The molecule has 0 radical (unpaired) electrons. The lowest BCUT2D eigenvalue weighted by molar-refractivity contribution is -0.384. The van der Waals surface area contributed by atoms with E-state index < -0.39 is 4.92 Å². The second-order valence-electron chi connectivity index (χ2n) is 7.56. The van der Waals surface area contributed by atoms with Crippen molar-refractivity contribution in [2.24, 2.45) is 0 Å². The Morgan fingerprint density at radius 3 is 2.45 bits per heavy atom. The summed E-state index contributed by atoms with van der Waals surface area (Å²) in [6.07, 6.45) is 2.04. The van der Waals surface area contributed by atoms with Gasteiger partial charge in [-0.05, 0) is 25.5 Å². The average Bonchev–Trinajstić information content (AvgIpc) is 3.12. The van der Waals surface area contributed by atoms with E-state index >= 15 is 0 Å². The molecule has 0 amide bonds. The van der Waals surface area contributed by atoms with E-state index in [0.29, 0.717) is 12.4 Å². The predicted octanol–water partition coefficient (Wildman–Crippen LogP) is 5.55. The molecule has 0 unspecified atom stereocenters. The maximum atomic E-state index is 11.8. The third kappa shape index (κ3) is 3.94. The van der Waals surface area contributed by atoms with Gasteiger partial charge in [0.2, 0.25) is 11.7 Å². The SMILES string of the molecule is COc1ccc([N+](=O)[O-])c(N(c2cn(Cc3ccccc3)c3ccccc23)C(C)C)n1. The molecule has 0 saturated carbocycles. The van der Waals surface area contributed by atoms with Crippen LogP contribution in [0, 0.1) is 10.1 Å². The van der Waals surface area contributed by atoms with E-state index in [4.69, 9.17) is 4.74 Å². The van der Waals surface area contributed by atoms with Gasteiger partial charge in [0.05, 0.1) is 23.2 Å². The van der Waals surface area contributed by atoms with Crippen LogP contribution in [0.5, 0.6) is 5.88 Å². The maximum absolute atomic E-state index is 11.8. The smallest absolute Gasteiger partial charge is 0.312 e. The summed E-state index contributed by atoms with van der Waals surface area (Å²) in [4.78, 5) is 17.8. The number of methoxy groups -OCH3 is 1. The van der Waals surface area contributed by atoms with Gasteiger partial charge in [0.1, 0.15) is 0 Å². The molecular formula is C24H24N4O3. The van der Waals surface area contributed by atoms with E-state index in [-0.39, 0.29) is 17.5 Å². The number of anilines is 2. The largest absolute Gasteiger partial charge is 0.481 e. The molecular weight excluding hydrogens is 392 g/mol. The molecule has 31 heavy (non-hydrogen) atoms. The number of fused-ring (bicyclic) bond motifs is 1. The van der Waals surface area contributed by atoms with Gasteiger partial charge in [-0.1, -0.05) is 48.5 Å². The summed E-state index contributed by atoms with van der Waals surface area (Å²) >= 11 is 0. The lowest BCUT2D eigenvalue weighted by Gasteiger charge is -2.27. The van der Waals surface area contributed by atoms with Crippen LogP contribution in [0.15, 0.2) is 72.9 Å². The van der Waals surface area contributed by atoms with Gasteiger partial charge in [-0.25, -0.2) is 0 Å². The zero-order chi connectivity index (χ0) is 22.0. The highest BCUT2D eigenvalue weighted by Gasteiger charge is 2.28. The summed E-state index contributed by atoms with van der Waals surface area (Å²) in [6, 6.07) is 21.2. The zero-order valence-electron chi connectivity index (χ0n) is 17.7. The number of nitrogens with zero attached hydrogens (tertiary/aromatic N) is 4. The van der Waals surface area contributed by atoms with E-state index in [1.165, 1.54) is 24.8 Å². The third-order valence-corrected chi connectivity index (χ3v) is 5.20. The summed E-state index contributed by atoms with van der Waals surface area (Å²) in [7, 11) is 1.50. The van der Waals surface area contributed by atoms with Gasteiger partial charge in [0, 0.05) is 36.3 Å². The molecule has 4 aromatic rings. The number of benzene rings is 2. The predicted molar refractivity (Wildman–Crippen MR) is 122 cm³/mol. The fraction of sp³-hybridized carbons (Fsp3) is 0.208. The number of rotatable bonds is 7. The van der Waals surface area contributed by atoms with Gasteiger partial charge in [0.15, 0.2) is 0 Å². The average molecular weight is 416 g/mol. The van der Waals surface area contributed by atoms with E-state index in [9.17, 15) is 10.1 Å². The first kappa shape index (κ1) is 20.4. The number of hydrogen-bond acceptors (Lipinski definition) is 5. The van der Waals surface area contributed by atoms with Crippen LogP contribution in [0.25, 0.3) is 10.9 Å². The highest BCUT2D eigenvalue weighted by Crippen LogP contribution is 2.39. The molecule has 0 aliphatic heterocycles. The van der Waals surface area contributed by atoms with Crippen molar-refractivity contribution >= 4 is 28.1 Å². The highest BCUT2D eigenvalue weighted by molar-refractivity contribution is 5.96. The fourth-order valence-corrected chi connectivity index (χ4v) is 3.82. The van der Waals surface area contributed by atoms with Crippen LogP contribution in [-0.2, 0) is 6.54 Å². The van der Waals surface area contributed by atoms with Gasteiger partial charge in [-0.3, -0.25) is 10.1 Å². The van der Waals surface area contributed by atoms with Crippen LogP contribution in [0.3, 0.4) is 0 Å². The lowest BCUT2D eigenvalue weighted by atomic mass is 10.2. The van der Waals surface area contributed by atoms with E-state index in [2.05, 4.69) is 27.8 Å². The molecule has 0 bridgehead atoms. The number of pyridine rings is 1. The Morgan fingerprint density at radius 1 is 1.06 bits per heavy atom. The van der Waals surface area contributed by atoms with Crippen LogP contribution in [0.2, 0.25) is 0 Å². The Balaban J connectivity index is 1.91. The second kappa shape index (κ2) is 8.47. The zero-order valence-corrected chi connectivity index (χ0v) is 17.7. The van der Waals surface area contributed by atoms with Gasteiger partial charge in [-0.2, -0.15) is 4.98 Å². The minimum Gasteiger partial charge on any atom is -0.481 e. The second-order valence-corrected chi connectivity index (χ2v) is 7.56. The maximum Gasteiger partial charge on any atom is 0.312 e. The first-order chi connectivity index (χ1) is 15.0. The van der Waals surface area contributed by atoms with Crippen molar-refractivity contribution in [2.75, 3.05) is 12.0 Å². The van der Waals surface area contributed by atoms with Crippen molar-refractivity contribution in [1.29, 1.82) is 0 Å². The molecule has 7 heteroatoms. The van der Waals surface area contributed by atoms with Crippen molar-refractivity contribution in [3.05, 3.63) is 88.6 Å². The molecule has 2 aromatic heterocycles. The standard InChI is InChI=1S/C24H24N4O3/c1-17(2)27(24-21(28(29)30)13-14-23(25-24)31-3)22-16-26(15-18-9-5-4-6-10-18)20-12-8-7-11-19(20)22/h4-14,16-17H,15H2,1-3H3. The molecule has 0 saturated heterocycles. The molecule has 0 atom stereocenters. The molecule has 158 valence electrons. The van der Waals surface area contributed by atoms with Crippen molar-refractivity contribution < 1.29 is 9.66 Å².